The van der Waals surface area contributed by atoms with E-state index in [1.165, 1.54) is 21.4 Å². The lowest BCUT2D eigenvalue weighted by Gasteiger charge is -2.12. The molecule has 0 spiro atoms. The maximum atomic E-state index is 13.6. The molecule has 0 atom stereocenters. The van der Waals surface area contributed by atoms with Crippen molar-refractivity contribution in [1.82, 2.24) is 14.6 Å². The SMILES string of the molecule is Cc1ccc(-c2csc3nc4c5ccccc5c(NCCOCCO)nn4c(=O)c23)cc1. The van der Waals surface area contributed by atoms with E-state index < -0.39 is 0 Å². The lowest BCUT2D eigenvalue weighted by Crippen LogP contribution is -2.20. The summed E-state index contributed by atoms with van der Waals surface area (Å²) in [6.45, 7) is 3.23. The molecule has 7 nitrogen and oxygen atoms in total. The highest BCUT2D eigenvalue weighted by molar-refractivity contribution is 7.17. The molecule has 32 heavy (non-hydrogen) atoms. The summed E-state index contributed by atoms with van der Waals surface area (Å²) in [4.78, 5) is 19.1. The average molecular weight is 447 g/mol. The molecule has 3 aromatic heterocycles. The minimum absolute atomic E-state index is 0.0157. The molecule has 0 radical (unpaired) electrons. The number of hydrogen-bond acceptors (Lipinski definition) is 7. The lowest BCUT2D eigenvalue weighted by atomic mass is 10.1. The van der Waals surface area contributed by atoms with Gasteiger partial charge >= 0.3 is 0 Å². The van der Waals surface area contributed by atoms with E-state index in [1.54, 1.807) is 0 Å². The second kappa shape index (κ2) is 8.66. The first-order valence-corrected chi connectivity index (χ1v) is 11.3. The summed E-state index contributed by atoms with van der Waals surface area (Å²) in [5.74, 6) is 0.594. The fourth-order valence-electron chi connectivity index (χ4n) is 3.77. The number of aliphatic hydroxyl groups is 1. The van der Waals surface area contributed by atoms with E-state index >= 15 is 0 Å². The Balaban J connectivity index is 1.68. The maximum absolute atomic E-state index is 13.6. The van der Waals surface area contributed by atoms with Crippen molar-refractivity contribution < 1.29 is 9.84 Å². The van der Waals surface area contributed by atoms with Gasteiger partial charge < -0.3 is 15.2 Å². The number of nitrogens with zero attached hydrogens (tertiary/aromatic N) is 3. The summed E-state index contributed by atoms with van der Waals surface area (Å²) in [7, 11) is 0. The van der Waals surface area contributed by atoms with Crippen molar-refractivity contribution in [3.8, 4) is 11.1 Å². The Hall–Kier alpha value is -3.33. The topological polar surface area (TPSA) is 88.8 Å². The molecule has 0 unspecified atom stereocenters. The van der Waals surface area contributed by atoms with Crippen LogP contribution in [0.5, 0.6) is 0 Å². The van der Waals surface area contributed by atoms with E-state index in [-0.39, 0.29) is 18.8 Å². The van der Waals surface area contributed by atoms with Gasteiger partial charge in [-0.25, -0.2) is 4.98 Å². The van der Waals surface area contributed by atoms with Crippen LogP contribution in [0.25, 0.3) is 37.8 Å². The number of fused-ring (bicyclic) bond motifs is 4. The first kappa shape index (κ1) is 20.6. The Morgan fingerprint density at radius 2 is 1.88 bits per heavy atom. The molecule has 0 saturated carbocycles. The largest absolute Gasteiger partial charge is 0.394 e. The van der Waals surface area contributed by atoms with Gasteiger partial charge in [-0.1, -0.05) is 54.1 Å². The van der Waals surface area contributed by atoms with Gasteiger partial charge in [-0.05, 0) is 12.5 Å². The zero-order valence-corrected chi connectivity index (χ0v) is 18.4. The van der Waals surface area contributed by atoms with Crippen LogP contribution in [-0.2, 0) is 4.74 Å². The van der Waals surface area contributed by atoms with Gasteiger partial charge in [-0.15, -0.1) is 16.4 Å². The maximum Gasteiger partial charge on any atom is 0.283 e. The van der Waals surface area contributed by atoms with Crippen LogP contribution in [-0.4, -0.2) is 46.1 Å². The molecule has 5 aromatic rings. The Labute approximate surface area is 187 Å². The van der Waals surface area contributed by atoms with Crippen LogP contribution in [0.15, 0.2) is 58.7 Å². The number of anilines is 1. The van der Waals surface area contributed by atoms with Crippen LogP contribution in [0, 0.1) is 6.92 Å². The minimum atomic E-state index is -0.188. The number of ether oxygens (including phenoxy) is 1. The summed E-state index contributed by atoms with van der Waals surface area (Å²) >= 11 is 1.47. The zero-order valence-electron chi connectivity index (χ0n) is 17.5. The standard InChI is InChI=1S/C24H22N4O3S/c1-15-6-8-16(9-7-15)19-14-32-23-20(19)24(30)28-22(26-23)18-5-3-2-4-17(18)21(27-28)25-10-12-31-13-11-29/h2-9,14,29H,10-13H2,1H3,(H,25,27). The van der Waals surface area contributed by atoms with Crippen LogP contribution in [0.2, 0.25) is 0 Å². The highest BCUT2D eigenvalue weighted by Crippen LogP contribution is 2.32. The van der Waals surface area contributed by atoms with Gasteiger partial charge in [0.25, 0.3) is 5.56 Å². The van der Waals surface area contributed by atoms with E-state index in [0.717, 1.165) is 21.9 Å². The van der Waals surface area contributed by atoms with Crippen molar-refractivity contribution in [2.45, 2.75) is 6.92 Å². The molecule has 162 valence electrons. The third-order valence-electron chi connectivity index (χ3n) is 5.35. The van der Waals surface area contributed by atoms with Gasteiger partial charge in [0.15, 0.2) is 11.5 Å². The molecule has 0 saturated heterocycles. The van der Waals surface area contributed by atoms with Gasteiger partial charge in [0.2, 0.25) is 0 Å². The third-order valence-corrected chi connectivity index (χ3v) is 6.22. The smallest absolute Gasteiger partial charge is 0.283 e. The van der Waals surface area contributed by atoms with Crippen LogP contribution in [0.4, 0.5) is 5.82 Å². The molecule has 3 heterocycles. The molecule has 0 aliphatic heterocycles. The second-order valence-corrected chi connectivity index (χ2v) is 8.36. The van der Waals surface area contributed by atoms with Gasteiger partial charge in [-0.3, -0.25) is 4.79 Å². The molecule has 8 heteroatoms. The summed E-state index contributed by atoms with van der Waals surface area (Å²) in [6, 6.07) is 15.9. The number of benzene rings is 2. The summed E-state index contributed by atoms with van der Waals surface area (Å²) in [6.07, 6.45) is 0. The zero-order chi connectivity index (χ0) is 22.1. The van der Waals surface area contributed by atoms with Gasteiger partial charge in [0, 0.05) is 28.3 Å². The molecule has 0 aliphatic rings. The predicted molar refractivity (Wildman–Crippen MR) is 129 cm³/mol. The van der Waals surface area contributed by atoms with Crippen LogP contribution < -0.4 is 10.9 Å². The first-order valence-electron chi connectivity index (χ1n) is 10.4. The van der Waals surface area contributed by atoms with Crippen LogP contribution in [0.1, 0.15) is 5.56 Å². The summed E-state index contributed by atoms with van der Waals surface area (Å²) in [5.41, 5.74) is 3.38. The number of aliphatic hydroxyl groups excluding tert-OH is 1. The van der Waals surface area contributed by atoms with Gasteiger partial charge in [-0.2, -0.15) is 4.52 Å². The molecule has 2 aromatic carbocycles. The van der Waals surface area contributed by atoms with Crippen molar-refractivity contribution in [3.63, 3.8) is 0 Å². The first-order chi connectivity index (χ1) is 15.7. The lowest BCUT2D eigenvalue weighted by molar-refractivity contribution is 0.0992. The number of nitrogens with one attached hydrogen (secondary N) is 1. The molecule has 0 amide bonds. The normalized spacial score (nSPS) is 11.6. The van der Waals surface area contributed by atoms with Crippen molar-refractivity contribution in [2.75, 3.05) is 31.7 Å². The number of aromatic nitrogens is 3. The minimum Gasteiger partial charge on any atom is -0.394 e. The molecular weight excluding hydrogens is 424 g/mol. The van der Waals surface area contributed by atoms with E-state index in [0.29, 0.717) is 34.8 Å². The number of rotatable bonds is 7. The average Bonchev–Trinajstić information content (AvgIpc) is 3.24. The van der Waals surface area contributed by atoms with E-state index in [4.69, 9.17) is 14.8 Å². The number of hydrogen-bond donors (Lipinski definition) is 2. The van der Waals surface area contributed by atoms with E-state index in [9.17, 15) is 4.79 Å². The summed E-state index contributed by atoms with van der Waals surface area (Å²) in [5, 5.41) is 21.1. The number of thiophene rings is 1. The highest BCUT2D eigenvalue weighted by atomic mass is 32.1. The Bertz CT molecular complexity index is 1470. The number of aryl methyl sites for hydroxylation is 1. The van der Waals surface area contributed by atoms with E-state index in [2.05, 4.69) is 10.4 Å². The van der Waals surface area contributed by atoms with Crippen LogP contribution >= 0.6 is 11.3 Å². The molecular formula is C24H22N4O3S. The van der Waals surface area contributed by atoms with Crippen molar-refractivity contribution in [2.24, 2.45) is 0 Å². The van der Waals surface area contributed by atoms with Crippen LogP contribution in [0.3, 0.4) is 0 Å². The third kappa shape index (κ3) is 3.62. The fourth-order valence-corrected chi connectivity index (χ4v) is 4.71. The quantitative estimate of drug-likeness (QED) is 0.292. The van der Waals surface area contributed by atoms with Crippen molar-refractivity contribution >= 4 is 43.8 Å². The monoisotopic (exact) mass is 446 g/mol. The molecule has 0 aliphatic carbocycles. The summed E-state index contributed by atoms with van der Waals surface area (Å²) < 4.78 is 6.72. The van der Waals surface area contributed by atoms with Gasteiger partial charge in [0.05, 0.1) is 25.2 Å². The molecule has 5 rings (SSSR count). The molecule has 2 N–H and O–H groups in total. The van der Waals surface area contributed by atoms with E-state index in [1.807, 2.05) is 60.8 Å². The predicted octanol–water partition coefficient (Wildman–Crippen LogP) is 3.85. The second-order valence-electron chi connectivity index (χ2n) is 7.50. The van der Waals surface area contributed by atoms with Crippen molar-refractivity contribution in [1.29, 1.82) is 0 Å². The fraction of sp³-hybridized carbons (Fsp3) is 0.208. The highest BCUT2D eigenvalue weighted by Gasteiger charge is 2.17. The Morgan fingerprint density at radius 1 is 1.09 bits per heavy atom. The molecule has 0 bridgehead atoms. The Kier molecular flexibility index (Phi) is 5.57. The van der Waals surface area contributed by atoms with Crippen molar-refractivity contribution in [3.05, 3.63) is 69.8 Å². The molecule has 0 fully saturated rings. The van der Waals surface area contributed by atoms with Gasteiger partial charge in [0.1, 0.15) is 4.83 Å². The Morgan fingerprint density at radius 3 is 2.66 bits per heavy atom.